The van der Waals surface area contributed by atoms with Crippen LogP contribution in [0.1, 0.15) is 18.7 Å². The van der Waals surface area contributed by atoms with E-state index in [9.17, 15) is 0 Å². The molecule has 58 heavy (non-hydrogen) atoms. The monoisotopic (exact) mass is 929 g/mol. The van der Waals surface area contributed by atoms with Crippen LogP contribution in [0.4, 0.5) is 28.4 Å². The number of para-hydroxylation sites is 4. The summed E-state index contributed by atoms with van der Waals surface area (Å²) in [5.41, 5.74) is 12.9. The van der Waals surface area contributed by atoms with Crippen molar-refractivity contribution in [2.24, 2.45) is 0 Å². The molecule has 1 aromatic heterocycles. The molecule has 8 aromatic carbocycles. The Hall–Kier alpha value is -6.55. The van der Waals surface area contributed by atoms with E-state index in [4.69, 9.17) is 10.1 Å². The predicted molar refractivity (Wildman–Crippen MR) is 235 cm³/mol. The van der Waals surface area contributed by atoms with Gasteiger partial charge in [-0.2, -0.15) is 12.1 Å². The number of benzene rings is 8. The quantitative estimate of drug-likeness (QED) is 0.135. The van der Waals surface area contributed by atoms with Crippen LogP contribution >= 0.6 is 0 Å². The molecule has 10 rings (SSSR count). The molecule has 0 radical (unpaired) electrons. The Kier molecular flexibility index (Phi) is 10.1. The first kappa shape index (κ1) is 37.0. The number of hydrogen-bond donors (Lipinski definition) is 0. The molecule has 5 nitrogen and oxygen atoms in total. The number of anilines is 4. The predicted octanol–water partition coefficient (Wildman–Crippen LogP) is 14.5. The van der Waals surface area contributed by atoms with Gasteiger partial charge < -0.3 is 24.4 Å². The smallest absolute Gasteiger partial charge is 0.665 e. The van der Waals surface area contributed by atoms with Crippen molar-refractivity contribution < 1.29 is 25.8 Å². The number of aryl methyl sites for hydroxylation is 1. The fraction of sp³-hybridized carbons (Fsp3) is 0.0577. The van der Waals surface area contributed by atoms with Gasteiger partial charge in [0, 0.05) is 45.2 Å². The fourth-order valence-electron chi connectivity index (χ4n) is 8.00. The van der Waals surface area contributed by atoms with Crippen molar-refractivity contribution in [1.82, 2.24) is 4.57 Å². The summed E-state index contributed by atoms with van der Waals surface area (Å²) < 4.78 is 8.84. The standard InChI is InChI=1S/C52H38N4O.Pt/c1-36-27-29-40(30-28-36)53-37(2)56-48-24-10-9-21-46(48)47-32-31-43(34-51(47)56)57-42-20-13-19-41(33-42)54-35-55(50-26-12-11-25-49(50)54)52-44(38-15-5-3-6-16-38)22-14-23-45(52)39-17-7-4-8-18-39;/h3-32,35,37H,1-2H3;/q-4;+4. The average molecular weight is 930 g/mol. The molecule has 282 valence electrons. The molecule has 1 unspecified atom stereocenters. The first-order valence-electron chi connectivity index (χ1n) is 19.3. The maximum atomic E-state index is 6.59. The van der Waals surface area contributed by atoms with Gasteiger partial charge >= 0.3 is 21.1 Å². The van der Waals surface area contributed by atoms with E-state index in [1.54, 1.807) is 0 Å². The molecular weight excluding hydrogens is 892 g/mol. The zero-order chi connectivity index (χ0) is 38.3. The average Bonchev–Trinajstić information content (AvgIpc) is 3.81. The van der Waals surface area contributed by atoms with Crippen molar-refractivity contribution in [2.75, 3.05) is 9.80 Å². The summed E-state index contributed by atoms with van der Waals surface area (Å²) in [6, 6.07) is 70.5. The normalized spacial score (nSPS) is 12.7. The minimum absolute atomic E-state index is 0. The van der Waals surface area contributed by atoms with Gasteiger partial charge in [0.05, 0.1) is 0 Å². The largest absolute Gasteiger partial charge is 4.00 e. The summed E-state index contributed by atoms with van der Waals surface area (Å²) in [6.07, 6.45) is -0.167. The van der Waals surface area contributed by atoms with Gasteiger partial charge in [0.2, 0.25) is 0 Å². The maximum Gasteiger partial charge on any atom is 4.00 e. The van der Waals surface area contributed by atoms with Crippen molar-refractivity contribution in [1.29, 1.82) is 0 Å². The van der Waals surface area contributed by atoms with Crippen molar-refractivity contribution in [3.8, 4) is 33.8 Å². The first-order chi connectivity index (χ1) is 28.1. The molecule has 1 aliphatic rings. The Balaban J connectivity index is 0.00000436. The number of hydrogen-bond acceptors (Lipinski definition) is 3. The molecule has 6 heteroatoms. The van der Waals surface area contributed by atoms with Crippen LogP contribution in [-0.4, -0.2) is 4.57 Å². The summed E-state index contributed by atoms with van der Waals surface area (Å²) in [6.45, 7) is 6.39. The van der Waals surface area contributed by atoms with Crippen LogP contribution in [0, 0.1) is 25.7 Å². The summed E-state index contributed by atoms with van der Waals surface area (Å²) in [4.78, 5) is 4.50. The van der Waals surface area contributed by atoms with Gasteiger partial charge in [-0.1, -0.05) is 151 Å². The van der Waals surface area contributed by atoms with Crippen LogP contribution in [0.25, 0.3) is 49.4 Å². The van der Waals surface area contributed by atoms with Crippen molar-refractivity contribution in [3.05, 3.63) is 212 Å². The van der Waals surface area contributed by atoms with Crippen LogP contribution in [0.2, 0.25) is 0 Å². The third-order valence-corrected chi connectivity index (χ3v) is 10.6. The molecule has 0 aliphatic carbocycles. The van der Waals surface area contributed by atoms with Crippen molar-refractivity contribution in [3.63, 3.8) is 0 Å². The molecule has 9 aromatic rings. The Labute approximate surface area is 354 Å². The van der Waals surface area contributed by atoms with Crippen LogP contribution in [-0.2, 0) is 21.1 Å². The Morgan fingerprint density at radius 1 is 0.552 bits per heavy atom. The zero-order valence-electron chi connectivity index (χ0n) is 32.0. The summed E-state index contributed by atoms with van der Waals surface area (Å²) in [5, 5.41) is 7.35. The number of nitrogens with zero attached hydrogens (tertiary/aromatic N) is 4. The zero-order valence-corrected chi connectivity index (χ0v) is 34.3. The van der Waals surface area contributed by atoms with E-state index in [1.165, 1.54) is 5.56 Å². The SMILES string of the molecule is Cc1ccc([N-]C(C)n2c3[c-]c(Oc4[c-]c(N5[CH-]N(c6c(-c7ccccc7)cccc6-c6ccccc6)c6ccccc65)ccc4)ccc3c3ccccc32)cc1.[Pt+4]. The van der Waals surface area contributed by atoms with E-state index in [2.05, 4.69) is 211 Å². The second-order valence-corrected chi connectivity index (χ2v) is 14.3. The van der Waals surface area contributed by atoms with Gasteiger partial charge in [0.15, 0.2) is 0 Å². The summed E-state index contributed by atoms with van der Waals surface area (Å²) >= 11 is 0. The second-order valence-electron chi connectivity index (χ2n) is 14.3. The summed E-state index contributed by atoms with van der Waals surface area (Å²) in [5.74, 6) is 1.21. The van der Waals surface area contributed by atoms with Crippen LogP contribution in [0.3, 0.4) is 0 Å². The molecule has 1 aliphatic heterocycles. The molecule has 1 atom stereocenters. The van der Waals surface area contributed by atoms with Crippen LogP contribution in [0.5, 0.6) is 11.5 Å². The summed E-state index contributed by atoms with van der Waals surface area (Å²) in [7, 11) is 0. The van der Waals surface area contributed by atoms with Gasteiger partial charge in [-0.05, 0) is 47.8 Å². The van der Waals surface area contributed by atoms with Crippen molar-refractivity contribution >= 4 is 50.2 Å². The van der Waals surface area contributed by atoms with Gasteiger partial charge in [-0.3, -0.25) is 0 Å². The number of aromatic nitrogens is 1. The van der Waals surface area contributed by atoms with E-state index < -0.39 is 0 Å². The molecular formula is C52H38N4OPt. The van der Waals surface area contributed by atoms with Gasteiger partial charge in [-0.15, -0.1) is 53.8 Å². The van der Waals surface area contributed by atoms with E-state index in [-0.39, 0.29) is 27.2 Å². The van der Waals surface area contributed by atoms with E-state index in [0.29, 0.717) is 11.5 Å². The maximum absolute atomic E-state index is 6.59. The molecule has 0 saturated heterocycles. The number of ether oxygens (including phenoxy) is 1. The Bertz CT molecular complexity index is 2810. The number of fused-ring (bicyclic) bond motifs is 4. The molecule has 0 fully saturated rings. The second kappa shape index (κ2) is 15.8. The fourth-order valence-corrected chi connectivity index (χ4v) is 8.00. The third-order valence-electron chi connectivity index (χ3n) is 10.6. The van der Waals surface area contributed by atoms with Crippen molar-refractivity contribution in [2.45, 2.75) is 20.0 Å². The number of rotatable bonds is 9. The Morgan fingerprint density at radius 2 is 1.16 bits per heavy atom. The molecule has 0 amide bonds. The first-order valence-corrected chi connectivity index (χ1v) is 19.3. The van der Waals surface area contributed by atoms with E-state index in [0.717, 1.165) is 72.5 Å². The van der Waals surface area contributed by atoms with Gasteiger partial charge in [0.1, 0.15) is 0 Å². The molecule has 2 heterocycles. The minimum atomic E-state index is -0.167. The van der Waals surface area contributed by atoms with E-state index in [1.807, 2.05) is 18.2 Å². The minimum Gasteiger partial charge on any atom is -0.665 e. The molecule has 0 bridgehead atoms. The molecule has 0 N–H and O–H groups in total. The Morgan fingerprint density at radius 3 is 1.86 bits per heavy atom. The third kappa shape index (κ3) is 6.82. The topological polar surface area (TPSA) is 34.7 Å². The van der Waals surface area contributed by atoms with Crippen LogP contribution in [0.15, 0.2) is 182 Å². The van der Waals surface area contributed by atoms with Crippen LogP contribution < -0.4 is 14.5 Å². The molecule has 0 saturated carbocycles. The van der Waals surface area contributed by atoms with Gasteiger partial charge in [0.25, 0.3) is 0 Å². The van der Waals surface area contributed by atoms with Gasteiger partial charge in [-0.25, -0.2) is 0 Å². The molecule has 0 spiro atoms. The van der Waals surface area contributed by atoms with E-state index >= 15 is 0 Å².